The van der Waals surface area contributed by atoms with Gasteiger partial charge in [0.15, 0.2) is 5.69 Å². The van der Waals surface area contributed by atoms with Crippen molar-refractivity contribution in [3.63, 3.8) is 0 Å². The fourth-order valence-corrected chi connectivity index (χ4v) is 4.75. The molecule has 0 unspecified atom stereocenters. The van der Waals surface area contributed by atoms with Crippen molar-refractivity contribution < 1.29 is 4.79 Å². The summed E-state index contributed by atoms with van der Waals surface area (Å²) in [4.78, 5) is 29.0. The SMILES string of the molecule is Cc1cc(=O)c(C(=O)NC[C@@H](c2cccs2)N2CCCC2)nn1-c1ccc(Cl)cc1. The van der Waals surface area contributed by atoms with Gasteiger partial charge in [-0.25, -0.2) is 4.68 Å². The van der Waals surface area contributed by atoms with Crippen molar-refractivity contribution in [2.75, 3.05) is 19.6 Å². The number of carbonyl (C=O) groups excluding carboxylic acids is 1. The summed E-state index contributed by atoms with van der Waals surface area (Å²) in [7, 11) is 0. The van der Waals surface area contributed by atoms with Crippen molar-refractivity contribution in [2.45, 2.75) is 25.8 Å². The number of aromatic nitrogens is 2. The number of halogens is 1. The first kappa shape index (κ1) is 20.8. The maximum absolute atomic E-state index is 12.9. The van der Waals surface area contributed by atoms with Gasteiger partial charge in [-0.3, -0.25) is 14.5 Å². The summed E-state index contributed by atoms with van der Waals surface area (Å²) in [5.41, 5.74) is 0.887. The molecular formula is C22H23ClN4O2S. The third-order valence-electron chi connectivity index (χ3n) is 5.30. The number of aryl methyl sites for hydroxylation is 1. The predicted molar refractivity (Wildman–Crippen MR) is 120 cm³/mol. The van der Waals surface area contributed by atoms with E-state index >= 15 is 0 Å². The van der Waals surface area contributed by atoms with E-state index in [9.17, 15) is 9.59 Å². The molecule has 0 saturated carbocycles. The summed E-state index contributed by atoms with van der Waals surface area (Å²) in [6.07, 6.45) is 2.34. The highest BCUT2D eigenvalue weighted by Crippen LogP contribution is 2.27. The number of carbonyl (C=O) groups is 1. The molecule has 0 spiro atoms. The largest absolute Gasteiger partial charge is 0.349 e. The number of nitrogens with one attached hydrogen (secondary N) is 1. The number of likely N-dealkylation sites (tertiary alicyclic amines) is 1. The Labute approximate surface area is 184 Å². The molecule has 156 valence electrons. The summed E-state index contributed by atoms with van der Waals surface area (Å²) in [6, 6.07) is 12.8. The molecule has 3 heterocycles. The van der Waals surface area contributed by atoms with Crippen molar-refractivity contribution in [3.8, 4) is 5.69 Å². The van der Waals surface area contributed by atoms with Crippen molar-refractivity contribution >= 4 is 28.8 Å². The van der Waals surface area contributed by atoms with E-state index in [1.54, 1.807) is 47.2 Å². The second-order valence-corrected chi connectivity index (χ2v) is 8.79. The van der Waals surface area contributed by atoms with Gasteiger partial charge in [-0.1, -0.05) is 17.7 Å². The van der Waals surface area contributed by atoms with Crippen LogP contribution < -0.4 is 10.7 Å². The summed E-state index contributed by atoms with van der Waals surface area (Å²) in [6.45, 7) is 4.26. The topological polar surface area (TPSA) is 67.2 Å². The first-order valence-corrected chi connectivity index (χ1v) is 11.2. The van der Waals surface area contributed by atoms with E-state index in [4.69, 9.17) is 11.6 Å². The molecule has 30 heavy (non-hydrogen) atoms. The number of nitrogens with zero attached hydrogens (tertiary/aromatic N) is 3. The number of hydrogen-bond donors (Lipinski definition) is 1. The Hall–Kier alpha value is -2.48. The van der Waals surface area contributed by atoms with Crippen LogP contribution in [-0.2, 0) is 0 Å². The molecule has 1 fully saturated rings. The Morgan fingerprint density at radius 1 is 1.23 bits per heavy atom. The molecule has 2 aromatic heterocycles. The van der Waals surface area contributed by atoms with Gasteiger partial charge in [0, 0.05) is 28.2 Å². The van der Waals surface area contributed by atoms with Gasteiger partial charge < -0.3 is 5.32 Å². The predicted octanol–water partition coefficient (Wildman–Crippen LogP) is 3.82. The van der Waals surface area contributed by atoms with Crippen molar-refractivity contribution in [1.82, 2.24) is 20.0 Å². The Balaban J connectivity index is 1.56. The number of amides is 1. The fourth-order valence-electron chi connectivity index (χ4n) is 3.77. The molecule has 8 heteroatoms. The molecule has 3 aromatic rings. The second kappa shape index (κ2) is 9.12. The van der Waals surface area contributed by atoms with Gasteiger partial charge in [-0.2, -0.15) is 5.10 Å². The van der Waals surface area contributed by atoms with Crippen molar-refractivity contribution in [3.05, 3.63) is 79.4 Å². The normalized spacial score (nSPS) is 15.3. The molecule has 0 aliphatic carbocycles. The molecule has 1 aromatic carbocycles. The molecular weight excluding hydrogens is 420 g/mol. The highest BCUT2D eigenvalue weighted by Gasteiger charge is 2.25. The third-order valence-corrected chi connectivity index (χ3v) is 6.53. The number of hydrogen-bond acceptors (Lipinski definition) is 5. The van der Waals surface area contributed by atoms with Crippen LogP contribution >= 0.6 is 22.9 Å². The van der Waals surface area contributed by atoms with Gasteiger partial charge in [-0.15, -0.1) is 11.3 Å². The zero-order valence-electron chi connectivity index (χ0n) is 16.7. The Morgan fingerprint density at radius 3 is 2.63 bits per heavy atom. The Kier molecular flexibility index (Phi) is 6.32. The number of benzene rings is 1. The highest BCUT2D eigenvalue weighted by atomic mass is 35.5. The zero-order chi connectivity index (χ0) is 21.1. The van der Waals surface area contributed by atoms with Crippen molar-refractivity contribution in [1.29, 1.82) is 0 Å². The van der Waals surface area contributed by atoms with Gasteiger partial charge in [0.1, 0.15) is 0 Å². The van der Waals surface area contributed by atoms with Crippen LogP contribution in [0.3, 0.4) is 0 Å². The van der Waals surface area contributed by atoms with Crippen LogP contribution in [-0.4, -0.2) is 40.2 Å². The van der Waals surface area contributed by atoms with Gasteiger partial charge in [0.2, 0.25) is 5.43 Å². The third kappa shape index (κ3) is 4.48. The lowest BCUT2D eigenvalue weighted by Gasteiger charge is -2.26. The highest BCUT2D eigenvalue weighted by molar-refractivity contribution is 7.10. The molecule has 0 radical (unpaired) electrons. The lowest BCUT2D eigenvalue weighted by Crippen LogP contribution is -2.38. The summed E-state index contributed by atoms with van der Waals surface area (Å²) in [5.74, 6) is -0.455. The van der Waals surface area contributed by atoms with Crippen LogP contribution in [0.1, 0.15) is 39.9 Å². The number of thiophene rings is 1. The molecule has 0 bridgehead atoms. The summed E-state index contributed by atoms with van der Waals surface area (Å²) >= 11 is 7.65. The molecule has 1 amide bonds. The van der Waals surface area contributed by atoms with Crippen LogP contribution in [0.15, 0.2) is 52.6 Å². The maximum atomic E-state index is 12.9. The first-order chi connectivity index (χ1) is 14.5. The van der Waals surface area contributed by atoms with Crippen LogP contribution in [0, 0.1) is 6.92 Å². The molecule has 1 atom stereocenters. The van der Waals surface area contributed by atoms with Crippen LogP contribution in [0.4, 0.5) is 0 Å². The minimum Gasteiger partial charge on any atom is -0.349 e. The molecule has 1 aliphatic rings. The molecule has 1 saturated heterocycles. The van der Waals surface area contributed by atoms with E-state index in [0.29, 0.717) is 17.3 Å². The maximum Gasteiger partial charge on any atom is 0.275 e. The molecule has 6 nitrogen and oxygen atoms in total. The van der Waals surface area contributed by atoms with Gasteiger partial charge >= 0.3 is 0 Å². The standard InChI is InChI=1S/C22H23ClN4O2S/c1-15-13-19(28)21(25-27(15)17-8-6-16(23)7-9-17)22(29)24-14-18(20-5-4-12-30-20)26-10-2-3-11-26/h4-9,12-13,18H,2-3,10-11,14H2,1H3,(H,24,29)/t18-/m0/s1. The molecule has 1 N–H and O–H groups in total. The zero-order valence-corrected chi connectivity index (χ0v) is 18.2. The van der Waals surface area contributed by atoms with Gasteiger partial charge in [0.25, 0.3) is 5.91 Å². The van der Waals surface area contributed by atoms with Crippen LogP contribution in [0.2, 0.25) is 5.02 Å². The molecule has 1 aliphatic heterocycles. The van der Waals surface area contributed by atoms with E-state index in [1.807, 2.05) is 11.4 Å². The average Bonchev–Trinajstić information content (AvgIpc) is 3.44. The van der Waals surface area contributed by atoms with E-state index in [-0.39, 0.29) is 17.2 Å². The first-order valence-electron chi connectivity index (χ1n) is 9.95. The number of rotatable bonds is 6. The Morgan fingerprint density at radius 2 is 1.97 bits per heavy atom. The lowest BCUT2D eigenvalue weighted by molar-refractivity contribution is 0.0930. The second-order valence-electron chi connectivity index (χ2n) is 7.37. The van der Waals surface area contributed by atoms with Crippen LogP contribution in [0.5, 0.6) is 0 Å². The summed E-state index contributed by atoms with van der Waals surface area (Å²) < 4.78 is 1.59. The van der Waals surface area contributed by atoms with E-state index in [1.165, 1.54) is 23.8 Å². The fraction of sp³-hybridized carbons (Fsp3) is 0.318. The van der Waals surface area contributed by atoms with Crippen LogP contribution in [0.25, 0.3) is 5.69 Å². The van der Waals surface area contributed by atoms with E-state index in [2.05, 4.69) is 21.4 Å². The molecule has 4 rings (SSSR count). The smallest absolute Gasteiger partial charge is 0.275 e. The summed E-state index contributed by atoms with van der Waals surface area (Å²) in [5, 5.41) is 9.95. The Bertz CT molecular complexity index is 1070. The lowest BCUT2D eigenvalue weighted by atomic mass is 10.2. The minimum absolute atomic E-state index is 0.109. The monoisotopic (exact) mass is 442 g/mol. The minimum atomic E-state index is -0.455. The van der Waals surface area contributed by atoms with Gasteiger partial charge in [0.05, 0.1) is 11.7 Å². The quantitative estimate of drug-likeness (QED) is 0.630. The van der Waals surface area contributed by atoms with Crippen molar-refractivity contribution in [2.24, 2.45) is 0 Å². The van der Waals surface area contributed by atoms with E-state index in [0.717, 1.165) is 18.8 Å². The van der Waals surface area contributed by atoms with Gasteiger partial charge in [-0.05, 0) is 68.6 Å². The average molecular weight is 443 g/mol. The van der Waals surface area contributed by atoms with E-state index < -0.39 is 5.91 Å².